The van der Waals surface area contributed by atoms with Gasteiger partial charge in [-0.2, -0.15) is 0 Å². The highest BCUT2D eigenvalue weighted by Crippen LogP contribution is 2.20. The summed E-state index contributed by atoms with van der Waals surface area (Å²) in [5.41, 5.74) is 8.49. The van der Waals surface area contributed by atoms with Crippen LogP contribution in [0.2, 0.25) is 0 Å². The summed E-state index contributed by atoms with van der Waals surface area (Å²) in [6.07, 6.45) is 1.68. The number of carbonyl (C=O) groups is 1. The van der Waals surface area contributed by atoms with Gasteiger partial charge in [0.05, 0.1) is 24.2 Å². The van der Waals surface area contributed by atoms with Gasteiger partial charge in [-0.3, -0.25) is 4.79 Å². The fourth-order valence-electron chi connectivity index (χ4n) is 2.13. The monoisotopic (exact) mass is 278 g/mol. The Morgan fingerprint density at radius 1 is 1.47 bits per heavy atom. The van der Waals surface area contributed by atoms with Crippen molar-refractivity contribution in [3.63, 3.8) is 0 Å². The molecule has 1 aliphatic rings. The first kappa shape index (κ1) is 14.0. The quantitative estimate of drug-likeness (QED) is 0.807. The molecule has 2 rings (SSSR count). The zero-order valence-corrected chi connectivity index (χ0v) is 11.8. The van der Waals surface area contributed by atoms with E-state index < -0.39 is 0 Å². The second kappa shape index (κ2) is 6.12. The van der Waals surface area contributed by atoms with Crippen LogP contribution in [0.3, 0.4) is 0 Å². The zero-order chi connectivity index (χ0) is 13.8. The van der Waals surface area contributed by atoms with Crippen LogP contribution in [-0.4, -0.2) is 16.9 Å². The Balaban J connectivity index is 2.09. The van der Waals surface area contributed by atoms with Crippen LogP contribution in [-0.2, 0) is 18.0 Å². The van der Waals surface area contributed by atoms with E-state index in [2.05, 4.69) is 5.32 Å². The van der Waals surface area contributed by atoms with Gasteiger partial charge in [0.25, 0.3) is 5.91 Å². The number of hydrogen-bond donors (Lipinski definition) is 2. The summed E-state index contributed by atoms with van der Waals surface area (Å²) in [6, 6.07) is 5.38. The summed E-state index contributed by atoms with van der Waals surface area (Å²) >= 11 is 4.97. The summed E-state index contributed by atoms with van der Waals surface area (Å²) in [5, 5.41) is 2.88. The van der Waals surface area contributed by atoms with E-state index in [-0.39, 0.29) is 11.9 Å². The maximum atomic E-state index is 12.2. The molecule has 0 saturated carbocycles. The van der Waals surface area contributed by atoms with Crippen molar-refractivity contribution < 1.29 is 9.53 Å². The van der Waals surface area contributed by atoms with E-state index >= 15 is 0 Å². The molecule has 0 spiro atoms. The molecule has 1 atom stereocenters. The number of nitrogens with two attached hydrogens (primary N) is 1. The molecule has 1 amide bonds. The van der Waals surface area contributed by atoms with E-state index in [1.165, 1.54) is 0 Å². The average molecular weight is 278 g/mol. The van der Waals surface area contributed by atoms with E-state index in [4.69, 9.17) is 22.7 Å². The Kier molecular flexibility index (Phi) is 4.50. The van der Waals surface area contributed by atoms with Gasteiger partial charge in [-0.15, -0.1) is 0 Å². The minimum absolute atomic E-state index is 0.138. The molecule has 4 nitrogen and oxygen atoms in total. The van der Waals surface area contributed by atoms with Crippen molar-refractivity contribution >= 4 is 23.1 Å². The van der Waals surface area contributed by atoms with Crippen LogP contribution in [0.4, 0.5) is 0 Å². The van der Waals surface area contributed by atoms with E-state index in [1.54, 1.807) is 0 Å². The Bertz CT molecular complexity index is 502. The first-order chi connectivity index (χ1) is 9.11. The van der Waals surface area contributed by atoms with E-state index in [0.29, 0.717) is 23.8 Å². The van der Waals surface area contributed by atoms with Gasteiger partial charge in [0.15, 0.2) is 0 Å². The van der Waals surface area contributed by atoms with Crippen LogP contribution in [0.15, 0.2) is 18.2 Å². The molecule has 1 aliphatic heterocycles. The highest BCUT2D eigenvalue weighted by Gasteiger charge is 2.18. The number of fused-ring (bicyclic) bond motifs is 1. The van der Waals surface area contributed by atoms with Gasteiger partial charge in [-0.25, -0.2) is 0 Å². The first-order valence-corrected chi connectivity index (χ1v) is 6.82. The molecule has 5 heteroatoms. The van der Waals surface area contributed by atoms with Crippen molar-refractivity contribution in [3.05, 3.63) is 34.9 Å². The largest absolute Gasteiger partial charge is 0.392 e. The second-order valence-corrected chi connectivity index (χ2v) is 5.16. The van der Waals surface area contributed by atoms with E-state index in [9.17, 15) is 4.79 Å². The third-order valence-electron chi connectivity index (χ3n) is 3.21. The molecule has 0 bridgehead atoms. The first-order valence-electron chi connectivity index (χ1n) is 6.41. The number of hydrogen-bond acceptors (Lipinski definition) is 3. The molecule has 0 saturated heterocycles. The summed E-state index contributed by atoms with van der Waals surface area (Å²) < 4.78 is 5.34. The fraction of sp³-hybridized carbons (Fsp3) is 0.429. The normalized spacial score (nSPS) is 14.8. The lowest BCUT2D eigenvalue weighted by molar-refractivity contribution is 0.0945. The Hall–Kier alpha value is -1.46. The van der Waals surface area contributed by atoms with Crippen LogP contribution < -0.4 is 11.1 Å². The fourth-order valence-corrected chi connectivity index (χ4v) is 2.31. The minimum Gasteiger partial charge on any atom is -0.392 e. The van der Waals surface area contributed by atoms with Crippen molar-refractivity contribution in [2.24, 2.45) is 5.73 Å². The zero-order valence-electron chi connectivity index (χ0n) is 10.9. The number of carbonyl (C=O) groups excluding carboxylic acids is 1. The van der Waals surface area contributed by atoms with Crippen LogP contribution in [0, 0.1) is 0 Å². The topological polar surface area (TPSA) is 64.3 Å². The van der Waals surface area contributed by atoms with Crippen LogP contribution in [0.5, 0.6) is 0 Å². The molecular weight excluding hydrogens is 260 g/mol. The Labute approximate surface area is 118 Å². The maximum Gasteiger partial charge on any atom is 0.251 e. The van der Waals surface area contributed by atoms with Crippen LogP contribution in [0.25, 0.3) is 0 Å². The molecule has 1 aromatic carbocycles. The highest BCUT2D eigenvalue weighted by atomic mass is 32.1. The molecular formula is C14H18N2O2S. The van der Waals surface area contributed by atoms with Crippen molar-refractivity contribution in [1.29, 1.82) is 0 Å². The summed E-state index contributed by atoms with van der Waals surface area (Å²) in [6.45, 7) is 3.23. The summed E-state index contributed by atoms with van der Waals surface area (Å²) in [5.74, 6) is -0.138. The van der Waals surface area contributed by atoms with Gasteiger partial charge in [0, 0.05) is 5.56 Å². The summed E-state index contributed by atoms with van der Waals surface area (Å²) in [4.78, 5) is 12.5. The van der Waals surface area contributed by atoms with Gasteiger partial charge < -0.3 is 15.8 Å². The Morgan fingerprint density at radius 3 is 2.89 bits per heavy atom. The lowest BCUT2D eigenvalue weighted by atomic mass is 10.1. The molecule has 1 aromatic rings. The van der Waals surface area contributed by atoms with Gasteiger partial charge >= 0.3 is 0 Å². The molecule has 0 radical (unpaired) electrons. The molecule has 1 heterocycles. The predicted molar refractivity (Wildman–Crippen MR) is 77.9 cm³/mol. The van der Waals surface area contributed by atoms with Crippen molar-refractivity contribution in [1.82, 2.24) is 5.32 Å². The smallest absolute Gasteiger partial charge is 0.251 e. The van der Waals surface area contributed by atoms with Crippen molar-refractivity contribution in [2.45, 2.75) is 39.0 Å². The molecule has 0 fully saturated rings. The number of thiocarbonyl (C=S) groups is 1. The van der Waals surface area contributed by atoms with Gasteiger partial charge in [0.2, 0.25) is 0 Å². The molecule has 3 N–H and O–H groups in total. The van der Waals surface area contributed by atoms with Gasteiger partial charge in [-0.05, 0) is 29.7 Å². The molecule has 19 heavy (non-hydrogen) atoms. The third-order valence-corrected chi connectivity index (χ3v) is 3.49. The lowest BCUT2D eigenvalue weighted by Gasteiger charge is -2.16. The van der Waals surface area contributed by atoms with E-state index in [1.807, 2.05) is 25.1 Å². The molecule has 1 unspecified atom stereocenters. The number of ether oxygens (including phenoxy) is 1. The van der Waals surface area contributed by atoms with Gasteiger partial charge in [-0.1, -0.05) is 31.6 Å². The van der Waals surface area contributed by atoms with Crippen LogP contribution in [0.1, 0.15) is 41.3 Å². The maximum absolute atomic E-state index is 12.2. The molecule has 0 aromatic heterocycles. The van der Waals surface area contributed by atoms with Crippen molar-refractivity contribution in [2.75, 3.05) is 0 Å². The predicted octanol–water partition coefficient (Wildman–Crippen LogP) is 1.90. The molecule has 102 valence electrons. The number of benzene rings is 1. The second-order valence-electron chi connectivity index (χ2n) is 4.69. The number of amides is 1. The highest BCUT2D eigenvalue weighted by molar-refractivity contribution is 7.80. The van der Waals surface area contributed by atoms with E-state index in [0.717, 1.165) is 24.0 Å². The molecule has 0 aliphatic carbocycles. The third kappa shape index (κ3) is 3.30. The standard InChI is InChI=1S/C14H18N2O2S/c1-2-3-12(13(15)19)16-14(17)9-4-5-10-7-18-8-11(10)6-9/h4-6,12H,2-3,7-8H2,1H3,(H2,15,19)(H,16,17). The van der Waals surface area contributed by atoms with Crippen molar-refractivity contribution in [3.8, 4) is 0 Å². The summed E-state index contributed by atoms with van der Waals surface area (Å²) in [7, 11) is 0. The number of nitrogens with one attached hydrogen (secondary N) is 1. The average Bonchev–Trinajstić information content (AvgIpc) is 2.85. The Morgan fingerprint density at radius 2 is 2.21 bits per heavy atom. The lowest BCUT2D eigenvalue weighted by Crippen LogP contribution is -2.43. The number of rotatable bonds is 5. The van der Waals surface area contributed by atoms with Gasteiger partial charge in [0.1, 0.15) is 0 Å². The minimum atomic E-state index is -0.239. The van der Waals surface area contributed by atoms with Crippen LogP contribution >= 0.6 is 12.2 Å². The SMILES string of the molecule is CCCC(NC(=O)c1ccc2c(c1)COC2)C(N)=S.